The third-order valence-electron chi connectivity index (χ3n) is 3.67. The van der Waals surface area contributed by atoms with Gasteiger partial charge in [0.25, 0.3) is 11.8 Å². The fourth-order valence-corrected chi connectivity index (χ4v) is 2.63. The highest BCUT2D eigenvalue weighted by molar-refractivity contribution is 6.34. The maximum Gasteiger partial charge on any atom is 0.335 e. The van der Waals surface area contributed by atoms with Crippen molar-refractivity contribution in [3.05, 3.63) is 64.2 Å². The van der Waals surface area contributed by atoms with Crippen molar-refractivity contribution in [1.82, 2.24) is 4.90 Å². The van der Waals surface area contributed by atoms with Gasteiger partial charge in [-0.15, -0.1) is 0 Å². The molecule has 126 valence electrons. The van der Waals surface area contributed by atoms with Gasteiger partial charge in [-0.05, 0) is 30.3 Å². The van der Waals surface area contributed by atoms with Gasteiger partial charge >= 0.3 is 5.97 Å². The van der Waals surface area contributed by atoms with Gasteiger partial charge in [0.1, 0.15) is 6.54 Å². The zero-order chi connectivity index (χ0) is 18.1. The maximum absolute atomic E-state index is 12.2. The summed E-state index contributed by atoms with van der Waals surface area (Å²) in [5.41, 5.74) is 0.515. The van der Waals surface area contributed by atoms with Crippen LogP contribution in [0, 0.1) is 0 Å². The van der Waals surface area contributed by atoms with Crippen LogP contribution in [-0.2, 0) is 4.79 Å². The Kier molecular flexibility index (Phi) is 4.24. The summed E-state index contributed by atoms with van der Waals surface area (Å²) in [4.78, 5) is 48.4. The Labute approximate surface area is 146 Å². The van der Waals surface area contributed by atoms with E-state index in [1.165, 1.54) is 30.3 Å². The summed E-state index contributed by atoms with van der Waals surface area (Å²) in [7, 11) is 0. The number of carbonyl (C=O) groups excluding carboxylic acids is 3. The molecule has 8 heteroatoms. The van der Waals surface area contributed by atoms with Gasteiger partial charge in [-0.25, -0.2) is 4.79 Å². The number of hydrogen-bond acceptors (Lipinski definition) is 4. The van der Waals surface area contributed by atoms with Gasteiger partial charge in [-0.2, -0.15) is 0 Å². The first-order chi connectivity index (χ1) is 11.9. The quantitative estimate of drug-likeness (QED) is 0.816. The van der Waals surface area contributed by atoms with E-state index in [4.69, 9.17) is 16.7 Å². The predicted molar refractivity (Wildman–Crippen MR) is 88.9 cm³/mol. The van der Waals surface area contributed by atoms with Crippen LogP contribution in [-0.4, -0.2) is 40.2 Å². The van der Waals surface area contributed by atoms with Gasteiger partial charge in [-0.3, -0.25) is 19.3 Å². The average Bonchev–Trinajstić information content (AvgIpc) is 2.82. The number of benzene rings is 2. The molecule has 0 saturated carbocycles. The number of rotatable bonds is 4. The molecule has 1 heterocycles. The lowest BCUT2D eigenvalue weighted by molar-refractivity contribution is -0.116. The Morgan fingerprint density at radius 1 is 1.04 bits per heavy atom. The van der Waals surface area contributed by atoms with Crippen molar-refractivity contribution >= 4 is 41.0 Å². The van der Waals surface area contributed by atoms with Crippen LogP contribution in [0.25, 0.3) is 0 Å². The SMILES string of the molecule is O=C(CN1C(=O)c2ccccc2C1=O)Nc1cc(C(=O)O)ccc1Cl. The number of amides is 3. The molecule has 3 amide bonds. The molecule has 2 aromatic rings. The number of carbonyl (C=O) groups is 4. The summed E-state index contributed by atoms with van der Waals surface area (Å²) in [6, 6.07) is 10.1. The average molecular weight is 359 g/mol. The van der Waals surface area contributed by atoms with Crippen LogP contribution in [0.5, 0.6) is 0 Å². The molecule has 3 rings (SSSR count). The van der Waals surface area contributed by atoms with E-state index < -0.39 is 30.2 Å². The first kappa shape index (κ1) is 16.7. The Hall–Kier alpha value is -3.19. The fraction of sp³-hybridized carbons (Fsp3) is 0.0588. The van der Waals surface area contributed by atoms with Crippen LogP contribution in [0.4, 0.5) is 5.69 Å². The van der Waals surface area contributed by atoms with E-state index in [-0.39, 0.29) is 27.4 Å². The van der Waals surface area contributed by atoms with E-state index >= 15 is 0 Å². The van der Waals surface area contributed by atoms with Crippen molar-refractivity contribution in [3.8, 4) is 0 Å². The number of hydrogen-bond donors (Lipinski definition) is 2. The second-order valence-electron chi connectivity index (χ2n) is 5.29. The molecule has 1 aliphatic rings. The monoisotopic (exact) mass is 358 g/mol. The molecular formula is C17H11ClN2O5. The number of imide groups is 1. The highest BCUT2D eigenvalue weighted by Crippen LogP contribution is 2.25. The first-order valence-electron chi connectivity index (χ1n) is 7.16. The van der Waals surface area contributed by atoms with Crippen LogP contribution in [0.3, 0.4) is 0 Å². The Bertz CT molecular complexity index is 890. The lowest BCUT2D eigenvalue weighted by atomic mass is 10.1. The Balaban J connectivity index is 1.76. The Morgan fingerprint density at radius 2 is 1.64 bits per heavy atom. The molecule has 2 aromatic carbocycles. The first-order valence-corrected chi connectivity index (χ1v) is 7.54. The maximum atomic E-state index is 12.2. The van der Waals surface area contributed by atoms with E-state index in [1.54, 1.807) is 12.1 Å². The van der Waals surface area contributed by atoms with Crippen LogP contribution < -0.4 is 5.32 Å². The minimum absolute atomic E-state index is 0.0552. The van der Waals surface area contributed by atoms with Gasteiger partial charge in [0.2, 0.25) is 5.91 Å². The van der Waals surface area contributed by atoms with Crippen molar-refractivity contribution in [2.24, 2.45) is 0 Å². The summed E-state index contributed by atoms with van der Waals surface area (Å²) < 4.78 is 0. The number of fused-ring (bicyclic) bond motifs is 1. The van der Waals surface area contributed by atoms with Crippen LogP contribution >= 0.6 is 11.6 Å². The fourth-order valence-electron chi connectivity index (χ4n) is 2.47. The molecule has 0 aromatic heterocycles. The third-order valence-corrected chi connectivity index (χ3v) is 4.00. The van der Waals surface area contributed by atoms with E-state index in [9.17, 15) is 19.2 Å². The minimum atomic E-state index is -1.17. The van der Waals surface area contributed by atoms with Crippen LogP contribution in [0.15, 0.2) is 42.5 Å². The van der Waals surface area contributed by atoms with Crippen LogP contribution in [0.2, 0.25) is 5.02 Å². The molecule has 0 saturated heterocycles. The molecule has 0 aliphatic carbocycles. The number of carboxylic acids is 1. The molecule has 0 radical (unpaired) electrons. The van der Waals surface area contributed by atoms with E-state index in [0.717, 1.165) is 4.90 Å². The molecule has 2 N–H and O–H groups in total. The highest BCUT2D eigenvalue weighted by Gasteiger charge is 2.36. The highest BCUT2D eigenvalue weighted by atomic mass is 35.5. The molecule has 7 nitrogen and oxygen atoms in total. The zero-order valence-corrected chi connectivity index (χ0v) is 13.4. The number of nitrogens with one attached hydrogen (secondary N) is 1. The van der Waals surface area contributed by atoms with E-state index in [0.29, 0.717) is 0 Å². The number of carboxylic acid groups (broad SMARTS) is 1. The van der Waals surface area contributed by atoms with Crippen molar-refractivity contribution in [3.63, 3.8) is 0 Å². The molecule has 0 spiro atoms. The second-order valence-corrected chi connectivity index (χ2v) is 5.70. The number of nitrogens with zero attached hydrogens (tertiary/aromatic N) is 1. The van der Waals surface area contributed by atoms with Gasteiger partial charge in [0.05, 0.1) is 27.4 Å². The lowest BCUT2D eigenvalue weighted by Crippen LogP contribution is -2.37. The van der Waals surface area contributed by atoms with E-state index in [2.05, 4.69) is 5.32 Å². The molecule has 25 heavy (non-hydrogen) atoms. The Morgan fingerprint density at radius 3 is 2.20 bits per heavy atom. The van der Waals surface area contributed by atoms with Crippen molar-refractivity contribution in [1.29, 1.82) is 0 Å². The largest absolute Gasteiger partial charge is 0.478 e. The van der Waals surface area contributed by atoms with Gasteiger partial charge in [-0.1, -0.05) is 23.7 Å². The standard InChI is InChI=1S/C17H11ClN2O5/c18-12-6-5-9(17(24)25)7-13(12)19-14(21)8-20-15(22)10-3-1-2-4-11(10)16(20)23/h1-7H,8H2,(H,19,21)(H,24,25). The number of aromatic carboxylic acids is 1. The molecule has 0 unspecified atom stereocenters. The van der Waals surface area contributed by atoms with Gasteiger partial charge in [0, 0.05) is 0 Å². The molecule has 0 atom stereocenters. The topological polar surface area (TPSA) is 104 Å². The lowest BCUT2D eigenvalue weighted by Gasteiger charge is -2.14. The molecule has 1 aliphatic heterocycles. The smallest absolute Gasteiger partial charge is 0.335 e. The second kappa shape index (κ2) is 6.37. The van der Waals surface area contributed by atoms with Gasteiger partial charge < -0.3 is 10.4 Å². The number of anilines is 1. The molecule has 0 fully saturated rings. The normalized spacial score (nSPS) is 12.9. The minimum Gasteiger partial charge on any atom is -0.478 e. The summed E-state index contributed by atoms with van der Waals surface area (Å²) >= 11 is 5.94. The summed E-state index contributed by atoms with van der Waals surface area (Å²) in [6.07, 6.45) is 0. The van der Waals surface area contributed by atoms with E-state index in [1.807, 2.05) is 0 Å². The van der Waals surface area contributed by atoms with Crippen molar-refractivity contribution in [2.75, 3.05) is 11.9 Å². The van der Waals surface area contributed by atoms with Crippen molar-refractivity contribution < 1.29 is 24.3 Å². The van der Waals surface area contributed by atoms with Gasteiger partial charge in [0.15, 0.2) is 0 Å². The molecule has 0 bridgehead atoms. The zero-order valence-electron chi connectivity index (χ0n) is 12.7. The molecular weight excluding hydrogens is 348 g/mol. The van der Waals surface area contributed by atoms with Crippen molar-refractivity contribution in [2.45, 2.75) is 0 Å². The summed E-state index contributed by atoms with van der Waals surface area (Å²) in [5.74, 6) is -2.95. The number of halogens is 1. The third kappa shape index (κ3) is 3.09. The summed E-state index contributed by atoms with van der Waals surface area (Å²) in [5, 5.41) is 11.5. The predicted octanol–water partition coefficient (Wildman–Crippen LogP) is 2.27. The summed E-state index contributed by atoms with van der Waals surface area (Å²) in [6.45, 7) is -0.500. The van der Waals surface area contributed by atoms with Crippen LogP contribution in [0.1, 0.15) is 31.1 Å².